The Morgan fingerprint density at radius 1 is 1.06 bits per heavy atom. The summed E-state index contributed by atoms with van der Waals surface area (Å²) in [5, 5.41) is 0.564. The number of rotatable bonds is 7. The highest BCUT2D eigenvalue weighted by Gasteiger charge is 2.31. The second-order valence-corrected chi connectivity index (χ2v) is 11.3. The van der Waals surface area contributed by atoms with Crippen LogP contribution in [0.3, 0.4) is 0 Å². The SMILES string of the molecule is COc1cccc(S(=O)(=O)CCN2CCN(S(=O)(=O)c3c[nH]c4ncccc34)CC2)c1. The van der Waals surface area contributed by atoms with Crippen LogP contribution in [0.5, 0.6) is 5.75 Å². The number of hydrogen-bond acceptors (Lipinski definition) is 7. The summed E-state index contributed by atoms with van der Waals surface area (Å²) >= 11 is 0. The van der Waals surface area contributed by atoms with E-state index in [0.717, 1.165) is 0 Å². The van der Waals surface area contributed by atoms with Gasteiger partial charge in [0.2, 0.25) is 10.0 Å². The standard InChI is InChI=1S/C20H24N4O5S2/c1-29-16-4-2-5-17(14-16)30(25,26)13-12-23-8-10-24(11-9-23)31(27,28)19-15-22-20-18(19)6-3-7-21-20/h2-7,14-15H,8-13H2,1H3,(H,21,22). The van der Waals surface area contributed by atoms with Gasteiger partial charge in [0.05, 0.1) is 17.8 Å². The molecule has 1 N–H and O–H groups in total. The molecule has 1 aliphatic rings. The first kappa shape index (κ1) is 21.8. The molecule has 11 heteroatoms. The van der Waals surface area contributed by atoms with Crippen LogP contribution in [0.15, 0.2) is 58.6 Å². The monoisotopic (exact) mass is 464 g/mol. The zero-order valence-electron chi connectivity index (χ0n) is 17.1. The van der Waals surface area contributed by atoms with Gasteiger partial charge in [-0.05, 0) is 30.3 Å². The Morgan fingerprint density at radius 2 is 1.84 bits per heavy atom. The summed E-state index contributed by atoms with van der Waals surface area (Å²) in [5.41, 5.74) is 0.530. The van der Waals surface area contributed by atoms with Crippen molar-refractivity contribution < 1.29 is 21.6 Å². The van der Waals surface area contributed by atoms with Gasteiger partial charge in [-0.2, -0.15) is 4.31 Å². The average molecular weight is 465 g/mol. The van der Waals surface area contributed by atoms with E-state index in [1.807, 2.05) is 4.90 Å². The Hall–Kier alpha value is -2.47. The normalized spacial score (nSPS) is 16.5. The van der Waals surface area contributed by atoms with Crippen molar-refractivity contribution in [3.05, 3.63) is 48.8 Å². The first-order valence-electron chi connectivity index (χ1n) is 9.83. The maximum atomic E-state index is 13.1. The van der Waals surface area contributed by atoms with E-state index in [1.165, 1.54) is 23.7 Å². The summed E-state index contributed by atoms with van der Waals surface area (Å²) < 4.78 is 58.0. The smallest absolute Gasteiger partial charge is 0.245 e. The van der Waals surface area contributed by atoms with Crippen LogP contribution in [-0.2, 0) is 19.9 Å². The van der Waals surface area contributed by atoms with Gasteiger partial charge >= 0.3 is 0 Å². The van der Waals surface area contributed by atoms with Crippen molar-refractivity contribution in [2.24, 2.45) is 0 Å². The van der Waals surface area contributed by atoms with E-state index in [-0.39, 0.29) is 15.5 Å². The zero-order valence-corrected chi connectivity index (χ0v) is 18.7. The molecule has 0 atom stereocenters. The van der Waals surface area contributed by atoms with E-state index >= 15 is 0 Å². The van der Waals surface area contributed by atoms with Gasteiger partial charge in [0.15, 0.2) is 9.84 Å². The summed E-state index contributed by atoms with van der Waals surface area (Å²) in [5.74, 6) is 0.452. The topological polar surface area (TPSA) is 113 Å². The van der Waals surface area contributed by atoms with Crippen molar-refractivity contribution in [2.45, 2.75) is 9.79 Å². The van der Waals surface area contributed by atoms with E-state index < -0.39 is 19.9 Å². The number of fused-ring (bicyclic) bond motifs is 1. The second kappa shape index (κ2) is 8.58. The van der Waals surface area contributed by atoms with Crippen molar-refractivity contribution in [2.75, 3.05) is 45.6 Å². The van der Waals surface area contributed by atoms with E-state index in [2.05, 4.69) is 9.97 Å². The molecule has 0 spiro atoms. The van der Waals surface area contributed by atoms with Crippen molar-refractivity contribution in [3.8, 4) is 5.75 Å². The minimum atomic E-state index is -3.66. The number of benzene rings is 1. The van der Waals surface area contributed by atoms with Crippen LogP contribution in [0.25, 0.3) is 11.0 Å². The molecule has 0 radical (unpaired) electrons. The predicted octanol–water partition coefficient (Wildman–Crippen LogP) is 1.35. The number of ether oxygens (including phenoxy) is 1. The number of pyridine rings is 1. The molecule has 3 heterocycles. The molecule has 0 saturated carbocycles. The minimum absolute atomic E-state index is 0.0406. The lowest BCUT2D eigenvalue weighted by Gasteiger charge is -2.33. The van der Waals surface area contributed by atoms with Crippen LogP contribution >= 0.6 is 0 Å². The molecule has 1 aliphatic heterocycles. The molecule has 1 aromatic carbocycles. The predicted molar refractivity (Wildman–Crippen MR) is 116 cm³/mol. The molecule has 9 nitrogen and oxygen atoms in total. The fourth-order valence-electron chi connectivity index (χ4n) is 3.64. The maximum Gasteiger partial charge on any atom is 0.245 e. The first-order valence-corrected chi connectivity index (χ1v) is 12.9. The summed E-state index contributed by atoms with van der Waals surface area (Å²) in [6, 6.07) is 9.84. The molecular formula is C20H24N4O5S2. The molecule has 1 fully saturated rings. The van der Waals surface area contributed by atoms with Crippen LogP contribution in [0.4, 0.5) is 0 Å². The lowest BCUT2D eigenvalue weighted by molar-refractivity contribution is 0.197. The van der Waals surface area contributed by atoms with Gasteiger partial charge < -0.3 is 9.72 Å². The first-order chi connectivity index (χ1) is 14.8. The number of hydrogen-bond donors (Lipinski definition) is 1. The molecule has 166 valence electrons. The fraction of sp³-hybridized carbons (Fsp3) is 0.350. The van der Waals surface area contributed by atoms with Gasteiger partial charge in [-0.15, -0.1) is 0 Å². The minimum Gasteiger partial charge on any atom is -0.497 e. The van der Waals surface area contributed by atoms with Gasteiger partial charge in [-0.25, -0.2) is 21.8 Å². The Kier molecular flexibility index (Phi) is 6.02. The van der Waals surface area contributed by atoms with Crippen molar-refractivity contribution in [1.29, 1.82) is 0 Å². The van der Waals surface area contributed by atoms with Gasteiger partial charge in [0.1, 0.15) is 16.3 Å². The number of piperazine rings is 1. The van der Waals surface area contributed by atoms with E-state index in [1.54, 1.807) is 36.5 Å². The lowest BCUT2D eigenvalue weighted by Crippen LogP contribution is -2.49. The van der Waals surface area contributed by atoms with Crippen molar-refractivity contribution >= 4 is 30.9 Å². The van der Waals surface area contributed by atoms with Gasteiger partial charge in [0.25, 0.3) is 0 Å². The largest absolute Gasteiger partial charge is 0.497 e. The molecule has 4 rings (SSSR count). The molecule has 0 amide bonds. The molecule has 0 unspecified atom stereocenters. The third-order valence-corrected chi connectivity index (χ3v) is 9.07. The quantitative estimate of drug-likeness (QED) is 0.562. The van der Waals surface area contributed by atoms with Gasteiger partial charge in [-0.1, -0.05) is 6.07 Å². The Balaban J connectivity index is 1.38. The number of aromatic nitrogens is 2. The van der Waals surface area contributed by atoms with Crippen LogP contribution in [-0.4, -0.2) is 81.6 Å². The molecule has 3 aromatic rings. The lowest BCUT2D eigenvalue weighted by atomic mass is 10.3. The molecule has 0 aliphatic carbocycles. The number of nitrogens with one attached hydrogen (secondary N) is 1. The number of aromatic amines is 1. The van der Waals surface area contributed by atoms with Crippen LogP contribution in [0.1, 0.15) is 0 Å². The van der Waals surface area contributed by atoms with Crippen LogP contribution in [0.2, 0.25) is 0 Å². The van der Waals surface area contributed by atoms with Gasteiger partial charge in [-0.3, -0.25) is 4.90 Å². The Labute approximate surface area is 181 Å². The van der Waals surface area contributed by atoms with Crippen LogP contribution < -0.4 is 4.74 Å². The number of methoxy groups -OCH3 is 1. The van der Waals surface area contributed by atoms with Crippen molar-refractivity contribution in [3.63, 3.8) is 0 Å². The number of H-pyrrole nitrogens is 1. The van der Waals surface area contributed by atoms with Crippen LogP contribution in [0, 0.1) is 0 Å². The van der Waals surface area contributed by atoms with E-state index in [0.29, 0.717) is 49.5 Å². The molecule has 31 heavy (non-hydrogen) atoms. The fourth-order valence-corrected chi connectivity index (χ4v) is 6.53. The van der Waals surface area contributed by atoms with E-state index in [4.69, 9.17) is 4.74 Å². The highest BCUT2D eigenvalue weighted by atomic mass is 32.2. The van der Waals surface area contributed by atoms with Gasteiger partial charge in [0, 0.05) is 50.5 Å². The highest BCUT2D eigenvalue weighted by Crippen LogP contribution is 2.25. The summed E-state index contributed by atoms with van der Waals surface area (Å²) in [6.07, 6.45) is 3.08. The molecule has 1 saturated heterocycles. The maximum absolute atomic E-state index is 13.1. The molecule has 2 aromatic heterocycles. The van der Waals surface area contributed by atoms with Crippen molar-refractivity contribution in [1.82, 2.24) is 19.2 Å². The number of nitrogens with zero attached hydrogens (tertiary/aromatic N) is 3. The third-order valence-electron chi connectivity index (χ3n) is 5.44. The second-order valence-electron chi connectivity index (χ2n) is 7.30. The Morgan fingerprint density at radius 3 is 2.58 bits per heavy atom. The molecular weight excluding hydrogens is 440 g/mol. The van der Waals surface area contributed by atoms with E-state index in [9.17, 15) is 16.8 Å². The number of sulfonamides is 1. The third kappa shape index (κ3) is 4.45. The highest BCUT2D eigenvalue weighted by molar-refractivity contribution is 7.91. The summed E-state index contributed by atoms with van der Waals surface area (Å²) in [7, 11) is -5.63. The molecule has 0 bridgehead atoms. The number of sulfone groups is 1. The summed E-state index contributed by atoms with van der Waals surface area (Å²) in [4.78, 5) is 9.45. The zero-order chi connectivity index (χ0) is 22.1. The Bertz CT molecular complexity index is 1280. The summed E-state index contributed by atoms with van der Waals surface area (Å²) in [6.45, 7) is 1.87. The average Bonchev–Trinajstić information content (AvgIpc) is 3.23.